The summed E-state index contributed by atoms with van der Waals surface area (Å²) in [5.41, 5.74) is -0.281. The van der Waals surface area contributed by atoms with Gasteiger partial charge in [0.25, 0.3) is 0 Å². The van der Waals surface area contributed by atoms with Crippen molar-refractivity contribution in [1.82, 2.24) is 5.32 Å². The molecule has 2 heteroatoms. The first kappa shape index (κ1) is 5.69. The van der Waals surface area contributed by atoms with Gasteiger partial charge in [0.1, 0.15) is 0 Å². The lowest BCUT2D eigenvalue weighted by atomic mass is 10.1. The summed E-state index contributed by atoms with van der Waals surface area (Å²) in [6.07, 6.45) is 4.46. The second-order valence-electron chi connectivity index (χ2n) is 3.25. The molecular weight excluding hydrogens is 114 g/mol. The third-order valence-electron chi connectivity index (χ3n) is 2.47. The highest BCUT2D eigenvalue weighted by molar-refractivity contribution is 5.04. The predicted molar refractivity (Wildman–Crippen MR) is 35.2 cm³/mol. The van der Waals surface area contributed by atoms with Gasteiger partial charge in [0.05, 0.1) is 5.60 Å². The van der Waals surface area contributed by atoms with E-state index in [0.717, 1.165) is 19.4 Å². The van der Waals surface area contributed by atoms with Crippen LogP contribution in [0.1, 0.15) is 25.7 Å². The number of nitrogens with one attached hydrogen (secondary N) is 1. The van der Waals surface area contributed by atoms with E-state index < -0.39 is 0 Å². The Kier molecular flexibility index (Phi) is 1.08. The van der Waals surface area contributed by atoms with Gasteiger partial charge in [-0.3, -0.25) is 0 Å². The highest BCUT2D eigenvalue weighted by atomic mass is 16.3. The Morgan fingerprint density at radius 3 is 2.67 bits per heavy atom. The predicted octanol–water partition coefficient (Wildman–Crippen LogP) is 0.263. The second kappa shape index (κ2) is 1.70. The van der Waals surface area contributed by atoms with Crippen molar-refractivity contribution in [2.75, 3.05) is 6.54 Å². The molecule has 0 bridgehead atoms. The Hall–Kier alpha value is -0.0800. The van der Waals surface area contributed by atoms with Crippen molar-refractivity contribution in [1.29, 1.82) is 0 Å². The van der Waals surface area contributed by atoms with E-state index in [2.05, 4.69) is 5.32 Å². The van der Waals surface area contributed by atoms with Crippen LogP contribution in [-0.4, -0.2) is 23.3 Å². The second-order valence-corrected chi connectivity index (χ2v) is 3.25. The Balaban J connectivity index is 1.97. The van der Waals surface area contributed by atoms with Crippen molar-refractivity contribution in [3.63, 3.8) is 0 Å². The van der Waals surface area contributed by atoms with Crippen LogP contribution in [0.3, 0.4) is 0 Å². The van der Waals surface area contributed by atoms with Crippen LogP contribution < -0.4 is 5.32 Å². The number of rotatable bonds is 1. The van der Waals surface area contributed by atoms with Crippen molar-refractivity contribution in [2.24, 2.45) is 0 Å². The smallest absolute Gasteiger partial charge is 0.0802 e. The van der Waals surface area contributed by atoms with Crippen LogP contribution in [0.4, 0.5) is 0 Å². The fourth-order valence-corrected chi connectivity index (χ4v) is 1.62. The third-order valence-corrected chi connectivity index (χ3v) is 2.47. The van der Waals surface area contributed by atoms with Gasteiger partial charge in [-0.05, 0) is 32.2 Å². The van der Waals surface area contributed by atoms with E-state index in [9.17, 15) is 5.11 Å². The van der Waals surface area contributed by atoms with Crippen LogP contribution in [0.5, 0.6) is 0 Å². The lowest BCUT2D eigenvalue weighted by molar-refractivity contribution is 0.111. The molecule has 0 aromatic carbocycles. The molecule has 2 fully saturated rings. The first-order valence-electron chi connectivity index (χ1n) is 3.77. The van der Waals surface area contributed by atoms with Crippen molar-refractivity contribution in [2.45, 2.75) is 37.3 Å². The van der Waals surface area contributed by atoms with Gasteiger partial charge in [-0.1, -0.05) is 0 Å². The summed E-state index contributed by atoms with van der Waals surface area (Å²) in [6.45, 7) is 1.10. The summed E-state index contributed by atoms with van der Waals surface area (Å²) in [7, 11) is 0. The summed E-state index contributed by atoms with van der Waals surface area (Å²) >= 11 is 0. The molecule has 1 saturated carbocycles. The van der Waals surface area contributed by atoms with Gasteiger partial charge in [0.15, 0.2) is 0 Å². The summed E-state index contributed by atoms with van der Waals surface area (Å²) in [4.78, 5) is 0. The molecule has 0 amide bonds. The number of hydrogen-bond donors (Lipinski definition) is 2. The van der Waals surface area contributed by atoms with E-state index >= 15 is 0 Å². The molecule has 0 aromatic heterocycles. The Morgan fingerprint density at radius 1 is 1.44 bits per heavy atom. The molecule has 2 aliphatic rings. The van der Waals surface area contributed by atoms with Crippen LogP contribution >= 0.6 is 0 Å². The van der Waals surface area contributed by atoms with E-state index in [1.54, 1.807) is 0 Å². The van der Waals surface area contributed by atoms with Crippen LogP contribution in [0.2, 0.25) is 0 Å². The van der Waals surface area contributed by atoms with Crippen molar-refractivity contribution < 1.29 is 5.11 Å². The fraction of sp³-hybridized carbons (Fsp3) is 1.00. The summed E-state index contributed by atoms with van der Waals surface area (Å²) < 4.78 is 0. The average Bonchev–Trinajstić information content (AvgIpc) is 2.46. The number of hydrogen-bond acceptors (Lipinski definition) is 2. The lowest BCUT2D eigenvalue weighted by Gasteiger charge is -2.15. The van der Waals surface area contributed by atoms with Gasteiger partial charge in [-0.25, -0.2) is 0 Å². The van der Waals surface area contributed by atoms with Crippen molar-refractivity contribution in [3.05, 3.63) is 0 Å². The fourth-order valence-electron chi connectivity index (χ4n) is 1.62. The minimum absolute atomic E-state index is 0.281. The Bertz CT molecular complexity index is 114. The van der Waals surface area contributed by atoms with Gasteiger partial charge in [0.2, 0.25) is 0 Å². The molecule has 1 heterocycles. The quantitative estimate of drug-likeness (QED) is 0.529. The van der Waals surface area contributed by atoms with E-state index in [1.165, 1.54) is 12.8 Å². The molecule has 1 aliphatic carbocycles. The van der Waals surface area contributed by atoms with Gasteiger partial charge < -0.3 is 10.4 Å². The summed E-state index contributed by atoms with van der Waals surface area (Å²) in [5.74, 6) is 0. The zero-order valence-electron chi connectivity index (χ0n) is 5.56. The maximum Gasteiger partial charge on any atom is 0.0802 e. The average molecular weight is 127 g/mol. The first-order valence-corrected chi connectivity index (χ1v) is 3.77. The molecule has 0 spiro atoms. The summed E-state index contributed by atoms with van der Waals surface area (Å²) in [5, 5.41) is 12.9. The molecule has 1 atom stereocenters. The van der Waals surface area contributed by atoms with Gasteiger partial charge in [0, 0.05) is 6.04 Å². The van der Waals surface area contributed by atoms with Crippen molar-refractivity contribution >= 4 is 0 Å². The molecular formula is C7H13NO. The van der Waals surface area contributed by atoms with E-state index in [4.69, 9.17) is 0 Å². The SMILES string of the molecule is OC1(C2CCCN2)CC1. The standard InChI is InChI=1S/C7H13NO/c9-7(3-4-7)6-2-1-5-8-6/h6,8-9H,1-5H2. The van der Waals surface area contributed by atoms with Crippen molar-refractivity contribution in [3.8, 4) is 0 Å². The minimum Gasteiger partial charge on any atom is -0.388 e. The highest BCUT2D eigenvalue weighted by Crippen LogP contribution is 2.41. The monoisotopic (exact) mass is 127 g/mol. The van der Waals surface area contributed by atoms with Gasteiger partial charge in [-0.15, -0.1) is 0 Å². The van der Waals surface area contributed by atoms with Gasteiger partial charge >= 0.3 is 0 Å². The van der Waals surface area contributed by atoms with Crippen LogP contribution in [0.25, 0.3) is 0 Å². The molecule has 1 aliphatic heterocycles. The van der Waals surface area contributed by atoms with E-state index in [0.29, 0.717) is 6.04 Å². The van der Waals surface area contributed by atoms with E-state index in [1.807, 2.05) is 0 Å². The molecule has 2 rings (SSSR count). The largest absolute Gasteiger partial charge is 0.388 e. The molecule has 0 aromatic rings. The zero-order valence-corrected chi connectivity index (χ0v) is 5.56. The molecule has 9 heavy (non-hydrogen) atoms. The summed E-state index contributed by atoms with van der Waals surface area (Å²) in [6, 6.07) is 0.428. The molecule has 1 saturated heterocycles. The molecule has 2 nitrogen and oxygen atoms in total. The van der Waals surface area contributed by atoms with E-state index in [-0.39, 0.29) is 5.60 Å². The number of aliphatic hydroxyl groups is 1. The maximum atomic E-state index is 9.57. The first-order chi connectivity index (χ1) is 4.31. The highest BCUT2D eigenvalue weighted by Gasteiger charge is 2.48. The van der Waals surface area contributed by atoms with Crippen LogP contribution in [0.15, 0.2) is 0 Å². The van der Waals surface area contributed by atoms with Crippen LogP contribution in [0, 0.1) is 0 Å². The zero-order chi connectivity index (χ0) is 6.32. The van der Waals surface area contributed by atoms with Gasteiger partial charge in [-0.2, -0.15) is 0 Å². The minimum atomic E-state index is -0.281. The molecule has 52 valence electrons. The normalized spacial score (nSPS) is 39.0. The third kappa shape index (κ3) is 0.864. The Morgan fingerprint density at radius 2 is 2.22 bits per heavy atom. The Labute approximate surface area is 55.3 Å². The molecule has 0 radical (unpaired) electrons. The van der Waals surface area contributed by atoms with Crippen LogP contribution in [-0.2, 0) is 0 Å². The molecule has 2 N–H and O–H groups in total. The lowest BCUT2D eigenvalue weighted by Crippen LogP contribution is -2.36. The topological polar surface area (TPSA) is 32.3 Å². The maximum absolute atomic E-state index is 9.57. The molecule has 1 unspecified atom stereocenters.